The van der Waals surface area contributed by atoms with E-state index in [0.717, 1.165) is 21.8 Å². The molecule has 22 heavy (non-hydrogen) atoms. The van der Waals surface area contributed by atoms with Gasteiger partial charge in [-0.15, -0.1) is 0 Å². The van der Waals surface area contributed by atoms with Crippen molar-refractivity contribution in [3.63, 3.8) is 0 Å². The lowest BCUT2D eigenvalue weighted by atomic mass is 10.2. The van der Waals surface area contributed by atoms with Gasteiger partial charge in [-0.1, -0.05) is 18.7 Å². The lowest BCUT2D eigenvalue weighted by Crippen LogP contribution is -2.23. The highest BCUT2D eigenvalue weighted by Crippen LogP contribution is 2.30. The van der Waals surface area contributed by atoms with E-state index in [9.17, 15) is 9.59 Å². The van der Waals surface area contributed by atoms with Crippen LogP contribution in [-0.2, 0) is 9.59 Å². The number of hydrogen-bond acceptors (Lipinski definition) is 4. The first-order valence-corrected chi connectivity index (χ1v) is 7.94. The van der Waals surface area contributed by atoms with Crippen molar-refractivity contribution in [2.75, 3.05) is 6.61 Å². The minimum absolute atomic E-state index is 0.258. The summed E-state index contributed by atoms with van der Waals surface area (Å²) >= 11 is 4.56. The molecule has 0 aliphatic carbocycles. The smallest absolute Gasteiger partial charge is 0.286 e. The molecule has 2 amide bonds. The summed E-state index contributed by atoms with van der Waals surface area (Å²) in [6.45, 7) is 5.38. The van der Waals surface area contributed by atoms with Crippen LogP contribution in [0.25, 0.3) is 6.08 Å². The van der Waals surface area contributed by atoms with Crippen LogP contribution in [0, 0.1) is 0 Å². The second-order valence-electron chi connectivity index (χ2n) is 4.30. The number of benzene rings is 1. The van der Waals surface area contributed by atoms with Crippen LogP contribution in [-0.4, -0.2) is 23.6 Å². The molecule has 114 valence electrons. The van der Waals surface area contributed by atoms with Crippen molar-refractivity contribution < 1.29 is 14.3 Å². The van der Waals surface area contributed by atoms with Crippen molar-refractivity contribution in [1.29, 1.82) is 0 Å². The molecule has 1 aliphatic rings. The molecule has 0 atom stereocenters. The third-order valence-electron chi connectivity index (χ3n) is 2.51. The number of halogens is 1. The van der Waals surface area contributed by atoms with Gasteiger partial charge in [0.1, 0.15) is 12.4 Å². The Labute approximate surface area is 140 Å². The number of carbonyl (C=O) groups excluding carboxylic acids is 2. The Morgan fingerprint density at radius 2 is 2.32 bits per heavy atom. The van der Waals surface area contributed by atoms with E-state index in [4.69, 9.17) is 4.74 Å². The lowest BCUT2D eigenvalue weighted by molar-refractivity contribution is -0.117. The zero-order valence-corrected chi connectivity index (χ0v) is 14.2. The first-order valence-electron chi connectivity index (χ1n) is 6.33. The van der Waals surface area contributed by atoms with Crippen molar-refractivity contribution >= 4 is 50.7 Å². The molecule has 1 aromatic carbocycles. The summed E-state index contributed by atoms with van der Waals surface area (Å²) < 4.78 is 6.24. The van der Waals surface area contributed by atoms with Gasteiger partial charge in [0.05, 0.1) is 9.38 Å². The number of aliphatic imine (C=N–C) groups is 1. The average molecular weight is 381 g/mol. The molecule has 0 bridgehead atoms. The maximum Gasteiger partial charge on any atom is 0.286 e. The number of ether oxygens (including phenoxy) is 1. The number of amidine groups is 1. The molecule has 0 radical (unpaired) electrons. The van der Waals surface area contributed by atoms with Crippen molar-refractivity contribution in [3.8, 4) is 5.75 Å². The summed E-state index contributed by atoms with van der Waals surface area (Å²) in [4.78, 5) is 27.0. The summed E-state index contributed by atoms with van der Waals surface area (Å²) in [5, 5.41) is 2.81. The normalized spacial score (nSPS) is 15.6. The first kappa shape index (κ1) is 16.5. The second-order valence-corrected chi connectivity index (χ2v) is 6.19. The van der Waals surface area contributed by atoms with Gasteiger partial charge in [-0.25, -0.2) is 0 Å². The van der Waals surface area contributed by atoms with E-state index in [-0.39, 0.29) is 11.8 Å². The standard InChI is InChI=1S/C15H13BrN2O3S/c1-3-6-21-12-5-4-10(7-11(12)16)8-13-14(20)18-15(22-13)17-9(2)19/h3-5,7-8H,1,6H2,2H3,(H,17,18,19,20). The van der Waals surface area contributed by atoms with Crippen LogP contribution < -0.4 is 10.1 Å². The molecular weight excluding hydrogens is 368 g/mol. The third kappa shape index (κ3) is 4.32. The minimum Gasteiger partial charge on any atom is -0.488 e. The summed E-state index contributed by atoms with van der Waals surface area (Å²) in [5.74, 6) is 0.0752. The highest BCUT2D eigenvalue weighted by Gasteiger charge is 2.22. The van der Waals surface area contributed by atoms with Crippen molar-refractivity contribution in [3.05, 3.63) is 45.8 Å². The molecule has 2 rings (SSSR count). The molecule has 0 fully saturated rings. The van der Waals surface area contributed by atoms with E-state index < -0.39 is 0 Å². The summed E-state index contributed by atoms with van der Waals surface area (Å²) in [5.41, 5.74) is 0.827. The van der Waals surface area contributed by atoms with Gasteiger partial charge < -0.3 is 10.1 Å². The molecule has 5 nitrogen and oxygen atoms in total. The van der Waals surface area contributed by atoms with E-state index in [1.54, 1.807) is 18.2 Å². The Bertz CT molecular complexity index is 698. The van der Waals surface area contributed by atoms with Crippen LogP contribution in [0.4, 0.5) is 0 Å². The van der Waals surface area contributed by atoms with E-state index in [2.05, 4.69) is 32.8 Å². The van der Waals surface area contributed by atoms with Crippen molar-refractivity contribution in [2.24, 2.45) is 4.99 Å². The predicted octanol–water partition coefficient (Wildman–Crippen LogP) is 3.12. The van der Waals surface area contributed by atoms with Gasteiger partial charge in [0.25, 0.3) is 5.91 Å². The van der Waals surface area contributed by atoms with Crippen LogP contribution >= 0.6 is 27.7 Å². The van der Waals surface area contributed by atoms with Crippen LogP contribution in [0.1, 0.15) is 12.5 Å². The molecule has 0 unspecified atom stereocenters. The van der Waals surface area contributed by atoms with E-state index in [1.165, 1.54) is 6.92 Å². The number of nitrogens with zero attached hydrogens (tertiary/aromatic N) is 1. The van der Waals surface area contributed by atoms with Crippen LogP contribution in [0.5, 0.6) is 5.75 Å². The zero-order chi connectivity index (χ0) is 16.1. The molecule has 1 N–H and O–H groups in total. The maximum absolute atomic E-state index is 11.8. The summed E-state index contributed by atoms with van der Waals surface area (Å²) in [6, 6.07) is 5.48. The van der Waals surface area contributed by atoms with Gasteiger partial charge in [0, 0.05) is 6.92 Å². The molecule has 1 aromatic rings. The van der Waals surface area contributed by atoms with Crippen molar-refractivity contribution in [1.82, 2.24) is 5.32 Å². The Kier molecular flexibility index (Phi) is 5.57. The molecule has 0 spiro atoms. The van der Waals surface area contributed by atoms with E-state index >= 15 is 0 Å². The summed E-state index contributed by atoms with van der Waals surface area (Å²) in [7, 11) is 0. The Hall–Kier alpha value is -1.86. The van der Waals surface area contributed by atoms with Crippen LogP contribution in [0.2, 0.25) is 0 Å². The molecule has 0 saturated carbocycles. The van der Waals surface area contributed by atoms with Gasteiger partial charge in [0.2, 0.25) is 5.91 Å². The number of nitrogens with one attached hydrogen (secondary N) is 1. The highest BCUT2D eigenvalue weighted by molar-refractivity contribution is 9.10. The lowest BCUT2D eigenvalue weighted by Gasteiger charge is -2.06. The number of rotatable bonds is 4. The molecule has 0 aromatic heterocycles. The minimum atomic E-state index is -0.364. The maximum atomic E-state index is 11.8. The van der Waals surface area contributed by atoms with Gasteiger partial charge in [-0.05, 0) is 51.5 Å². The number of hydrogen-bond donors (Lipinski definition) is 1. The van der Waals surface area contributed by atoms with Gasteiger partial charge in [-0.2, -0.15) is 4.99 Å². The topological polar surface area (TPSA) is 67.8 Å². The van der Waals surface area contributed by atoms with E-state index in [1.807, 2.05) is 12.1 Å². The zero-order valence-electron chi connectivity index (χ0n) is 11.8. The first-order chi connectivity index (χ1) is 10.5. The number of thioether (sulfide) groups is 1. The Morgan fingerprint density at radius 1 is 1.55 bits per heavy atom. The number of amides is 2. The molecular formula is C15H13BrN2O3S. The Morgan fingerprint density at radius 3 is 2.95 bits per heavy atom. The van der Waals surface area contributed by atoms with Crippen LogP contribution in [0.15, 0.2) is 45.2 Å². The predicted molar refractivity (Wildman–Crippen MR) is 91.7 cm³/mol. The molecule has 1 heterocycles. The molecule has 1 aliphatic heterocycles. The monoisotopic (exact) mass is 380 g/mol. The SMILES string of the molecule is C=CCOc1ccc(C=C2SC(NC(C)=O)=NC2=O)cc1Br. The quantitative estimate of drug-likeness (QED) is 0.643. The third-order valence-corrected chi connectivity index (χ3v) is 4.03. The molecule has 7 heteroatoms. The van der Waals surface area contributed by atoms with E-state index in [0.29, 0.717) is 22.4 Å². The fraction of sp³-hybridized carbons (Fsp3) is 0.133. The fourth-order valence-corrected chi connectivity index (χ4v) is 3.01. The van der Waals surface area contributed by atoms with Gasteiger partial charge in [0.15, 0.2) is 5.17 Å². The van der Waals surface area contributed by atoms with Gasteiger partial charge >= 0.3 is 0 Å². The van der Waals surface area contributed by atoms with Crippen molar-refractivity contribution in [2.45, 2.75) is 6.92 Å². The number of carbonyl (C=O) groups is 2. The van der Waals surface area contributed by atoms with Gasteiger partial charge in [-0.3, -0.25) is 9.59 Å². The highest BCUT2D eigenvalue weighted by atomic mass is 79.9. The van der Waals surface area contributed by atoms with Crippen LogP contribution in [0.3, 0.4) is 0 Å². The largest absolute Gasteiger partial charge is 0.488 e. The fourth-order valence-electron chi connectivity index (χ4n) is 1.64. The molecule has 0 saturated heterocycles. The average Bonchev–Trinajstić information content (AvgIpc) is 2.77. The second kappa shape index (κ2) is 7.42. The Balaban J connectivity index is 2.13. The summed E-state index contributed by atoms with van der Waals surface area (Å²) in [6.07, 6.45) is 3.38.